The maximum absolute atomic E-state index is 9.03. The molecule has 3 aromatic rings. The zero-order valence-electron chi connectivity index (χ0n) is 10.7. The Kier molecular flexibility index (Phi) is 3.02. The summed E-state index contributed by atoms with van der Waals surface area (Å²) in [5, 5.41) is 18.8. The van der Waals surface area contributed by atoms with Gasteiger partial charge in [0.05, 0.1) is 12.3 Å². The van der Waals surface area contributed by atoms with Crippen LogP contribution in [0.1, 0.15) is 11.4 Å². The van der Waals surface area contributed by atoms with Crippen LogP contribution in [0.4, 0.5) is 11.8 Å². The van der Waals surface area contributed by atoms with Gasteiger partial charge in [0, 0.05) is 31.6 Å². The number of methoxy groups -OCH3 is 1. The fourth-order valence-corrected chi connectivity index (χ4v) is 1.85. The number of ether oxygens (including phenoxy) is 1. The Bertz CT molecular complexity index is 769. The number of imidazole rings is 1. The van der Waals surface area contributed by atoms with Crippen LogP contribution in [0.5, 0.6) is 0 Å². The van der Waals surface area contributed by atoms with Crippen LogP contribution in [0.25, 0.3) is 5.65 Å². The number of anilines is 2. The number of hydrogen-bond acceptors (Lipinski definition) is 6. The maximum Gasteiger partial charge on any atom is 0.215 e. The van der Waals surface area contributed by atoms with Crippen molar-refractivity contribution in [2.45, 2.75) is 6.61 Å². The molecule has 100 valence electrons. The Balaban J connectivity index is 2.10. The van der Waals surface area contributed by atoms with Crippen LogP contribution in [-0.2, 0) is 11.3 Å². The van der Waals surface area contributed by atoms with Gasteiger partial charge in [0.25, 0.3) is 0 Å². The standard InChI is InChI=1S/C12H11N7O/c1-20-7-9-6-19-11(15-9)4-8(5-13)16-12(19)17-10-2-3-14-18-10/h2-4,6H,7H2,1H3,(H2,14,16,17,18). The number of H-pyrrole nitrogens is 1. The third kappa shape index (κ3) is 2.17. The lowest BCUT2D eigenvalue weighted by Gasteiger charge is -2.05. The summed E-state index contributed by atoms with van der Waals surface area (Å²) in [6.07, 6.45) is 3.50. The quantitative estimate of drug-likeness (QED) is 0.737. The monoisotopic (exact) mass is 269 g/mol. The van der Waals surface area contributed by atoms with Crippen molar-refractivity contribution < 1.29 is 4.74 Å². The third-order valence-corrected chi connectivity index (χ3v) is 2.65. The third-order valence-electron chi connectivity index (χ3n) is 2.65. The predicted molar refractivity (Wildman–Crippen MR) is 70.3 cm³/mol. The first kappa shape index (κ1) is 12.1. The first-order valence-electron chi connectivity index (χ1n) is 5.85. The lowest BCUT2D eigenvalue weighted by Crippen LogP contribution is -2.03. The number of fused-ring (bicyclic) bond motifs is 1. The Labute approximate surface area is 114 Å². The molecule has 20 heavy (non-hydrogen) atoms. The molecule has 2 N–H and O–H groups in total. The Morgan fingerprint density at radius 3 is 3.10 bits per heavy atom. The van der Waals surface area contributed by atoms with Crippen molar-refractivity contribution >= 4 is 17.4 Å². The molecule has 3 aromatic heterocycles. The van der Waals surface area contributed by atoms with E-state index in [4.69, 9.17) is 10.00 Å². The summed E-state index contributed by atoms with van der Waals surface area (Å²) in [7, 11) is 1.60. The molecule has 0 aliphatic heterocycles. The van der Waals surface area contributed by atoms with Crippen LogP contribution in [0.15, 0.2) is 24.5 Å². The molecule has 0 aromatic carbocycles. The Hall–Kier alpha value is -2.92. The number of rotatable bonds is 4. The molecule has 0 spiro atoms. The lowest BCUT2D eigenvalue weighted by atomic mass is 10.4. The molecule has 0 saturated carbocycles. The summed E-state index contributed by atoms with van der Waals surface area (Å²) in [5.41, 5.74) is 1.67. The maximum atomic E-state index is 9.03. The highest BCUT2D eigenvalue weighted by Crippen LogP contribution is 2.16. The highest BCUT2D eigenvalue weighted by atomic mass is 16.5. The van der Waals surface area contributed by atoms with Gasteiger partial charge in [-0.2, -0.15) is 10.4 Å². The number of hydrogen-bond donors (Lipinski definition) is 2. The SMILES string of the molecule is COCc1cn2c(Nc3cc[nH]n3)nc(C#N)cc2n1. The number of aromatic nitrogens is 5. The fourth-order valence-electron chi connectivity index (χ4n) is 1.85. The molecule has 3 rings (SSSR count). The van der Waals surface area contributed by atoms with Crippen LogP contribution in [0.3, 0.4) is 0 Å². The summed E-state index contributed by atoms with van der Waals surface area (Å²) in [6, 6.07) is 5.40. The molecule has 0 fully saturated rings. The lowest BCUT2D eigenvalue weighted by molar-refractivity contribution is 0.182. The van der Waals surface area contributed by atoms with E-state index in [-0.39, 0.29) is 5.69 Å². The smallest absolute Gasteiger partial charge is 0.215 e. The second-order valence-electron chi connectivity index (χ2n) is 4.05. The van der Waals surface area contributed by atoms with Gasteiger partial charge in [0.15, 0.2) is 5.82 Å². The van der Waals surface area contributed by atoms with E-state index in [1.807, 2.05) is 12.3 Å². The zero-order valence-corrected chi connectivity index (χ0v) is 10.7. The molecule has 0 unspecified atom stereocenters. The van der Waals surface area contributed by atoms with Crippen molar-refractivity contribution in [2.75, 3.05) is 12.4 Å². The molecular weight excluding hydrogens is 258 g/mol. The molecule has 0 amide bonds. The number of nitrogens with one attached hydrogen (secondary N) is 2. The summed E-state index contributed by atoms with van der Waals surface area (Å²) in [6.45, 7) is 0.394. The van der Waals surface area contributed by atoms with Crippen LogP contribution in [0, 0.1) is 11.3 Å². The van der Waals surface area contributed by atoms with Gasteiger partial charge in [-0.05, 0) is 0 Å². The molecule has 0 radical (unpaired) electrons. The van der Waals surface area contributed by atoms with Gasteiger partial charge in [-0.15, -0.1) is 0 Å². The topological polar surface area (TPSA) is 104 Å². The minimum Gasteiger partial charge on any atom is -0.378 e. The molecule has 8 nitrogen and oxygen atoms in total. The van der Waals surface area contributed by atoms with Gasteiger partial charge >= 0.3 is 0 Å². The van der Waals surface area contributed by atoms with Crippen LogP contribution in [-0.4, -0.2) is 31.7 Å². The number of nitrogens with zero attached hydrogens (tertiary/aromatic N) is 5. The summed E-state index contributed by atoms with van der Waals surface area (Å²) >= 11 is 0. The van der Waals surface area contributed by atoms with Crippen molar-refractivity contribution in [3.05, 3.63) is 35.9 Å². The van der Waals surface area contributed by atoms with E-state index in [1.54, 1.807) is 29.8 Å². The van der Waals surface area contributed by atoms with Gasteiger partial charge < -0.3 is 10.1 Å². The second-order valence-corrected chi connectivity index (χ2v) is 4.05. The first-order valence-corrected chi connectivity index (χ1v) is 5.85. The largest absolute Gasteiger partial charge is 0.378 e. The average Bonchev–Trinajstić information content (AvgIpc) is 3.08. The Morgan fingerprint density at radius 2 is 2.40 bits per heavy atom. The van der Waals surface area contributed by atoms with Crippen molar-refractivity contribution in [3.63, 3.8) is 0 Å². The number of aromatic amines is 1. The predicted octanol–water partition coefficient (Wildman–Crippen LogP) is 1.21. The van der Waals surface area contributed by atoms with Crippen molar-refractivity contribution in [1.82, 2.24) is 24.6 Å². The second kappa shape index (κ2) is 4.99. The van der Waals surface area contributed by atoms with Crippen molar-refractivity contribution in [1.29, 1.82) is 5.26 Å². The van der Waals surface area contributed by atoms with E-state index < -0.39 is 0 Å². The fraction of sp³-hybridized carbons (Fsp3) is 0.167. The molecule has 0 saturated heterocycles. The van der Waals surface area contributed by atoms with Gasteiger partial charge in [0.1, 0.15) is 17.4 Å². The van der Waals surface area contributed by atoms with Crippen LogP contribution in [0.2, 0.25) is 0 Å². The molecule has 8 heteroatoms. The number of nitriles is 1. The molecule has 0 bridgehead atoms. The van der Waals surface area contributed by atoms with Crippen LogP contribution < -0.4 is 5.32 Å². The van der Waals surface area contributed by atoms with E-state index in [9.17, 15) is 0 Å². The highest BCUT2D eigenvalue weighted by molar-refractivity contribution is 5.56. The minimum atomic E-state index is 0.283. The van der Waals surface area contributed by atoms with Gasteiger partial charge in [-0.1, -0.05) is 0 Å². The molecule has 0 aliphatic rings. The normalized spacial score (nSPS) is 10.6. The summed E-state index contributed by atoms with van der Waals surface area (Å²) < 4.78 is 6.81. The average molecular weight is 269 g/mol. The Morgan fingerprint density at radius 1 is 1.50 bits per heavy atom. The van der Waals surface area contributed by atoms with E-state index in [0.29, 0.717) is 24.0 Å². The molecule has 3 heterocycles. The molecule has 0 aliphatic carbocycles. The van der Waals surface area contributed by atoms with Crippen LogP contribution >= 0.6 is 0 Å². The zero-order chi connectivity index (χ0) is 13.9. The molecular formula is C12H11N7O. The van der Waals surface area contributed by atoms with Crippen molar-refractivity contribution in [2.24, 2.45) is 0 Å². The molecule has 0 atom stereocenters. The van der Waals surface area contributed by atoms with Gasteiger partial charge in [0.2, 0.25) is 5.95 Å². The summed E-state index contributed by atoms with van der Waals surface area (Å²) in [5.74, 6) is 1.08. The van der Waals surface area contributed by atoms with E-state index in [0.717, 1.165) is 5.69 Å². The van der Waals surface area contributed by atoms with Crippen molar-refractivity contribution in [3.8, 4) is 6.07 Å². The van der Waals surface area contributed by atoms with Gasteiger partial charge in [-0.3, -0.25) is 9.50 Å². The first-order chi connectivity index (χ1) is 9.80. The highest BCUT2D eigenvalue weighted by Gasteiger charge is 2.10. The van der Waals surface area contributed by atoms with Gasteiger partial charge in [-0.25, -0.2) is 9.97 Å². The minimum absolute atomic E-state index is 0.283. The van der Waals surface area contributed by atoms with E-state index in [2.05, 4.69) is 25.5 Å². The summed E-state index contributed by atoms with van der Waals surface area (Å²) in [4.78, 5) is 8.60. The van der Waals surface area contributed by atoms with E-state index >= 15 is 0 Å². The van der Waals surface area contributed by atoms with E-state index in [1.165, 1.54) is 0 Å².